The Hall–Kier alpha value is -3.55. The van der Waals surface area contributed by atoms with Crippen molar-refractivity contribution in [3.05, 3.63) is 58.4 Å². The van der Waals surface area contributed by atoms with E-state index >= 15 is 0 Å². The van der Waals surface area contributed by atoms with E-state index in [0.717, 1.165) is 33.8 Å². The van der Waals surface area contributed by atoms with E-state index in [1.807, 2.05) is 63.3 Å². The van der Waals surface area contributed by atoms with Crippen molar-refractivity contribution in [2.24, 2.45) is 0 Å². The van der Waals surface area contributed by atoms with Crippen LogP contribution in [0.2, 0.25) is 0 Å². The van der Waals surface area contributed by atoms with E-state index in [0.29, 0.717) is 11.5 Å². The van der Waals surface area contributed by atoms with Gasteiger partial charge in [-0.3, -0.25) is 4.79 Å². The van der Waals surface area contributed by atoms with Gasteiger partial charge in [-0.2, -0.15) is 5.10 Å². The summed E-state index contributed by atoms with van der Waals surface area (Å²) >= 11 is 0. The van der Waals surface area contributed by atoms with Crippen LogP contribution >= 0.6 is 0 Å². The standard InChI is InChI=1S/C19H21N7O/c1-11-9-12(2)26(24-11)16-10-15(18(25(3)4)23-19(16)27)22-14-6-8-21-17-13(14)5-7-20-17/h5-10H,1-4H3,(H,23,27)(H2,20,21,22). The van der Waals surface area contributed by atoms with Gasteiger partial charge in [-0.15, -0.1) is 0 Å². The van der Waals surface area contributed by atoms with Gasteiger partial charge in [0.1, 0.15) is 17.2 Å². The lowest BCUT2D eigenvalue weighted by atomic mass is 10.2. The highest BCUT2D eigenvalue weighted by Gasteiger charge is 2.15. The molecule has 8 heteroatoms. The van der Waals surface area contributed by atoms with Gasteiger partial charge < -0.3 is 20.2 Å². The maximum Gasteiger partial charge on any atom is 0.275 e. The second kappa shape index (κ2) is 6.31. The zero-order chi connectivity index (χ0) is 19.1. The third-order valence-corrected chi connectivity index (χ3v) is 4.42. The normalized spacial score (nSPS) is 11.1. The molecule has 4 heterocycles. The molecular weight excluding hydrogens is 342 g/mol. The van der Waals surface area contributed by atoms with Gasteiger partial charge in [0, 0.05) is 37.6 Å². The molecule has 0 aliphatic heterocycles. The number of aromatic amines is 2. The lowest BCUT2D eigenvalue weighted by Crippen LogP contribution is -2.22. The molecule has 0 aliphatic carbocycles. The van der Waals surface area contributed by atoms with E-state index in [9.17, 15) is 4.79 Å². The molecule has 0 saturated carbocycles. The maximum absolute atomic E-state index is 12.7. The fourth-order valence-electron chi connectivity index (χ4n) is 3.20. The summed E-state index contributed by atoms with van der Waals surface area (Å²) in [4.78, 5) is 24.9. The van der Waals surface area contributed by atoms with Crippen molar-refractivity contribution < 1.29 is 0 Å². The quantitative estimate of drug-likeness (QED) is 0.518. The lowest BCUT2D eigenvalue weighted by molar-refractivity contribution is 0.819. The Bertz CT molecular complexity index is 1180. The summed E-state index contributed by atoms with van der Waals surface area (Å²) in [6.07, 6.45) is 3.59. The molecule has 0 spiro atoms. The first-order valence-corrected chi connectivity index (χ1v) is 8.61. The summed E-state index contributed by atoms with van der Waals surface area (Å²) < 4.78 is 1.66. The largest absolute Gasteiger partial charge is 0.362 e. The first kappa shape index (κ1) is 16.9. The van der Waals surface area contributed by atoms with Crippen molar-refractivity contribution >= 4 is 28.2 Å². The van der Waals surface area contributed by atoms with E-state index in [1.165, 1.54) is 0 Å². The number of anilines is 3. The molecule has 3 N–H and O–H groups in total. The number of fused-ring (bicyclic) bond motifs is 1. The summed E-state index contributed by atoms with van der Waals surface area (Å²) in [5.41, 5.74) is 4.51. The van der Waals surface area contributed by atoms with Gasteiger partial charge in [0.2, 0.25) is 0 Å². The molecule has 4 rings (SSSR count). The molecule has 0 fully saturated rings. The van der Waals surface area contributed by atoms with Gasteiger partial charge in [-0.1, -0.05) is 0 Å². The van der Waals surface area contributed by atoms with Crippen LogP contribution in [0.4, 0.5) is 17.2 Å². The molecule has 0 aliphatic rings. The number of aryl methyl sites for hydroxylation is 2. The number of pyridine rings is 2. The fraction of sp³-hybridized carbons (Fsp3) is 0.211. The molecule has 0 amide bonds. The average Bonchev–Trinajstić information content (AvgIpc) is 3.22. The van der Waals surface area contributed by atoms with Crippen molar-refractivity contribution in [1.82, 2.24) is 24.7 Å². The molecule has 0 aromatic carbocycles. The van der Waals surface area contributed by atoms with Gasteiger partial charge in [0.05, 0.1) is 17.1 Å². The van der Waals surface area contributed by atoms with Crippen molar-refractivity contribution in [2.75, 3.05) is 24.3 Å². The molecule has 4 aromatic heterocycles. The number of hydrogen-bond donors (Lipinski definition) is 3. The highest BCUT2D eigenvalue weighted by Crippen LogP contribution is 2.29. The Morgan fingerprint density at radius 1 is 1.15 bits per heavy atom. The third kappa shape index (κ3) is 2.95. The first-order chi connectivity index (χ1) is 12.9. The van der Waals surface area contributed by atoms with Crippen LogP contribution in [0.25, 0.3) is 16.7 Å². The number of aromatic nitrogens is 5. The second-order valence-corrected chi connectivity index (χ2v) is 6.70. The van der Waals surface area contributed by atoms with Crippen LogP contribution in [-0.4, -0.2) is 38.8 Å². The predicted octanol–water partition coefficient (Wildman–Crippen LogP) is 2.86. The van der Waals surface area contributed by atoms with Crippen molar-refractivity contribution in [1.29, 1.82) is 0 Å². The number of rotatable bonds is 4. The fourth-order valence-corrected chi connectivity index (χ4v) is 3.20. The highest BCUT2D eigenvalue weighted by atomic mass is 16.1. The lowest BCUT2D eigenvalue weighted by Gasteiger charge is -2.19. The zero-order valence-electron chi connectivity index (χ0n) is 15.7. The number of H-pyrrole nitrogens is 2. The van der Waals surface area contributed by atoms with E-state index in [1.54, 1.807) is 10.9 Å². The molecule has 0 atom stereocenters. The molecule has 0 unspecified atom stereocenters. The number of hydrogen-bond acceptors (Lipinski definition) is 5. The van der Waals surface area contributed by atoms with E-state index in [4.69, 9.17) is 0 Å². The van der Waals surface area contributed by atoms with Crippen LogP contribution in [-0.2, 0) is 0 Å². The van der Waals surface area contributed by atoms with E-state index < -0.39 is 0 Å². The Morgan fingerprint density at radius 3 is 2.67 bits per heavy atom. The van der Waals surface area contributed by atoms with Crippen molar-refractivity contribution in [3.8, 4) is 5.69 Å². The maximum atomic E-state index is 12.7. The molecule has 4 aromatic rings. The minimum absolute atomic E-state index is 0.197. The van der Waals surface area contributed by atoms with Crippen molar-refractivity contribution in [2.45, 2.75) is 13.8 Å². The zero-order valence-corrected chi connectivity index (χ0v) is 15.7. The van der Waals surface area contributed by atoms with Crippen LogP contribution in [0.3, 0.4) is 0 Å². The first-order valence-electron chi connectivity index (χ1n) is 8.61. The minimum atomic E-state index is -0.197. The molecule has 27 heavy (non-hydrogen) atoms. The highest BCUT2D eigenvalue weighted by molar-refractivity contribution is 5.92. The minimum Gasteiger partial charge on any atom is -0.362 e. The van der Waals surface area contributed by atoms with Gasteiger partial charge >= 0.3 is 0 Å². The Labute approximate surface area is 155 Å². The Kier molecular flexibility index (Phi) is 3.95. The Balaban J connectivity index is 1.88. The topological polar surface area (TPSA) is 94.6 Å². The van der Waals surface area contributed by atoms with E-state index in [2.05, 4.69) is 25.4 Å². The molecule has 0 bridgehead atoms. The predicted molar refractivity (Wildman–Crippen MR) is 107 cm³/mol. The monoisotopic (exact) mass is 363 g/mol. The molecule has 0 saturated heterocycles. The van der Waals surface area contributed by atoms with Gasteiger partial charge in [0.25, 0.3) is 5.56 Å². The second-order valence-electron chi connectivity index (χ2n) is 6.70. The molecular formula is C19H21N7O. The SMILES string of the molecule is Cc1cc(C)n(-c2cc(Nc3ccnc4[nH]ccc34)c(N(C)C)[nH]c2=O)n1. The average molecular weight is 363 g/mol. The van der Waals surface area contributed by atoms with Crippen LogP contribution in [0.15, 0.2) is 41.5 Å². The molecule has 8 nitrogen and oxygen atoms in total. The van der Waals surface area contributed by atoms with Gasteiger partial charge in [0.15, 0.2) is 0 Å². The number of nitrogens with zero attached hydrogens (tertiary/aromatic N) is 4. The summed E-state index contributed by atoms with van der Waals surface area (Å²) in [7, 11) is 3.77. The van der Waals surface area contributed by atoms with E-state index in [-0.39, 0.29) is 5.56 Å². The number of nitrogens with one attached hydrogen (secondary N) is 3. The van der Waals surface area contributed by atoms with Gasteiger partial charge in [-0.05, 0) is 38.1 Å². The molecule has 0 radical (unpaired) electrons. The summed E-state index contributed by atoms with van der Waals surface area (Å²) in [5.74, 6) is 0.686. The van der Waals surface area contributed by atoms with Gasteiger partial charge in [-0.25, -0.2) is 9.67 Å². The van der Waals surface area contributed by atoms with Crippen LogP contribution < -0.4 is 15.8 Å². The third-order valence-electron chi connectivity index (χ3n) is 4.42. The smallest absolute Gasteiger partial charge is 0.275 e. The molecule has 138 valence electrons. The van der Waals surface area contributed by atoms with Crippen LogP contribution in [0.5, 0.6) is 0 Å². The summed E-state index contributed by atoms with van der Waals surface area (Å²) in [6.45, 7) is 3.84. The van der Waals surface area contributed by atoms with Crippen LogP contribution in [0.1, 0.15) is 11.4 Å². The van der Waals surface area contributed by atoms with Crippen LogP contribution in [0, 0.1) is 13.8 Å². The summed E-state index contributed by atoms with van der Waals surface area (Å²) in [6, 6.07) is 7.64. The summed E-state index contributed by atoms with van der Waals surface area (Å²) in [5, 5.41) is 8.85. The Morgan fingerprint density at radius 2 is 1.96 bits per heavy atom. The van der Waals surface area contributed by atoms with Crippen molar-refractivity contribution in [3.63, 3.8) is 0 Å².